The van der Waals surface area contributed by atoms with Crippen molar-refractivity contribution in [2.75, 3.05) is 6.61 Å². The molecular formula is C17H15ClN2O6S. The molecule has 0 spiro atoms. The normalized spacial score (nSPS) is 11.5. The molecule has 1 atom stereocenters. The van der Waals surface area contributed by atoms with Crippen LogP contribution in [-0.2, 0) is 9.53 Å². The van der Waals surface area contributed by atoms with Crippen molar-refractivity contribution >= 4 is 46.3 Å². The number of hydrogen-bond acceptors (Lipinski definition) is 7. The van der Waals surface area contributed by atoms with Crippen LogP contribution in [0.2, 0.25) is 5.02 Å². The monoisotopic (exact) mass is 410 g/mol. The Labute approximate surface area is 163 Å². The van der Waals surface area contributed by atoms with Gasteiger partial charge in [0.2, 0.25) is 5.78 Å². The molecule has 142 valence electrons. The number of nitrogens with one attached hydrogen (secondary N) is 1. The second kappa shape index (κ2) is 8.74. The summed E-state index contributed by atoms with van der Waals surface area (Å²) in [7, 11) is 0. The molecule has 2 rings (SSSR count). The maximum Gasteiger partial charge on any atom is 0.328 e. The van der Waals surface area contributed by atoms with Gasteiger partial charge in [0.25, 0.3) is 11.6 Å². The molecule has 2 aromatic rings. The van der Waals surface area contributed by atoms with Gasteiger partial charge in [-0.1, -0.05) is 11.6 Å². The van der Waals surface area contributed by atoms with E-state index in [2.05, 4.69) is 5.32 Å². The Balaban J connectivity index is 1.93. The van der Waals surface area contributed by atoms with Crippen molar-refractivity contribution in [3.8, 4) is 0 Å². The number of esters is 1. The van der Waals surface area contributed by atoms with Crippen LogP contribution in [-0.4, -0.2) is 35.2 Å². The third-order valence-electron chi connectivity index (χ3n) is 3.47. The van der Waals surface area contributed by atoms with E-state index >= 15 is 0 Å². The van der Waals surface area contributed by atoms with Crippen molar-refractivity contribution in [1.82, 2.24) is 5.32 Å². The topological polar surface area (TPSA) is 116 Å². The van der Waals surface area contributed by atoms with Gasteiger partial charge >= 0.3 is 5.97 Å². The lowest BCUT2D eigenvalue weighted by atomic mass is 10.1. The first-order valence-electron chi connectivity index (χ1n) is 7.70. The SMILES string of the molecule is Cc1ccc(C(=O)COC(=O)[C@H](C)NC(=O)c2ccc(Cl)c([N+](=O)[O-])c2)s1. The zero-order valence-electron chi connectivity index (χ0n) is 14.4. The van der Waals surface area contributed by atoms with E-state index in [0.717, 1.165) is 10.9 Å². The van der Waals surface area contributed by atoms with Gasteiger partial charge in [-0.3, -0.25) is 19.7 Å². The average molecular weight is 411 g/mol. The van der Waals surface area contributed by atoms with E-state index in [0.29, 0.717) is 4.88 Å². The zero-order valence-corrected chi connectivity index (χ0v) is 15.9. The zero-order chi connectivity index (χ0) is 20.1. The number of benzene rings is 1. The predicted octanol–water partition coefficient (Wildman–Crippen LogP) is 3.16. The van der Waals surface area contributed by atoms with Crippen LogP contribution < -0.4 is 5.32 Å². The van der Waals surface area contributed by atoms with Crippen LogP contribution >= 0.6 is 22.9 Å². The molecule has 0 fully saturated rings. The number of aryl methyl sites for hydroxylation is 1. The summed E-state index contributed by atoms with van der Waals surface area (Å²) in [4.78, 5) is 47.7. The van der Waals surface area contributed by atoms with Crippen molar-refractivity contribution in [1.29, 1.82) is 0 Å². The lowest BCUT2D eigenvalue weighted by Gasteiger charge is -2.13. The van der Waals surface area contributed by atoms with E-state index in [1.165, 1.54) is 30.4 Å². The minimum atomic E-state index is -1.05. The Morgan fingerprint density at radius 2 is 2.00 bits per heavy atom. The number of nitro benzene ring substituents is 1. The minimum absolute atomic E-state index is 0.0316. The van der Waals surface area contributed by atoms with Crippen LogP contribution in [0.15, 0.2) is 30.3 Å². The first-order valence-corrected chi connectivity index (χ1v) is 8.89. The molecule has 0 saturated carbocycles. The molecule has 8 nitrogen and oxygen atoms in total. The Bertz CT molecular complexity index is 911. The number of rotatable bonds is 7. The number of nitrogens with zero attached hydrogens (tertiary/aromatic N) is 1. The molecule has 1 aromatic carbocycles. The summed E-state index contributed by atoms with van der Waals surface area (Å²) in [6.07, 6.45) is 0. The van der Waals surface area contributed by atoms with Gasteiger partial charge in [0.1, 0.15) is 11.1 Å². The summed E-state index contributed by atoms with van der Waals surface area (Å²) in [6.45, 7) is 2.79. The van der Waals surface area contributed by atoms with Gasteiger partial charge in [0, 0.05) is 16.5 Å². The number of halogens is 1. The van der Waals surface area contributed by atoms with Crippen LogP contribution in [0, 0.1) is 17.0 Å². The molecule has 1 heterocycles. The molecule has 1 amide bonds. The Kier molecular flexibility index (Phi) is 6.65. The Hall–Kier alpha value is -2.78. The molecule has 0 radical (unpaired) electrons. The van der Waals surface area contributed by atoms with Gasteiger partial charge in [-0.15, -0.1) is 11.3 Å². The average Bonchev–Trinajstić information content (AvgIpc) is 3.05. The fourth-order valence-corrected chi connectivity index (χ4v) is 3.03. The Morgan fingerprint density at radius 1 is 1.30 bits per heavy atom. The van der Waals surface area contributed by atoms with Crippen molar-refractivity contribution in [2.24, 2.45) is 0 Å². The molecule has 1 N–H and O–H groups in total. The molecule has 10 heteroatoms. The van der Waals surface area contributed by atoms with E-state index in [1.807, 2.05) is 6.92 Å². The summed E-state index contributed by atoms with van der Waals surface area (Å²) < 4.78 is 4.92. The van der Waals surface area contributed by atoms with Gasteiger partial charge < -0.3 is 10.1 Å². The summed E-state index contributed by atoms with van der Waals surface area (Å²) in [5.41, 5.74) is -0.452. The lowest BCUT2D eigenvalue weighted by Crippen LogP contribution is -2.40. The predicted molar refractivity (Wildman–Crippen MR) is 99.4 cm³/mol. The molecule has 0 saturated heterocycles. The second-order valence-corrected chi connectivity index (χ2v) is 7.25. The van der Waals surface area contributed by atoms with Crippen LogP contribution in [0.5, 0.6) is 0 Å². The van der Waals surface area contributed by atoms with Crippen molar-refractivity contribution < 1.29 is 24.0 Å². The number of ether oxygens (including phenoxy) is 1. The summed E-state index contributed by atoms with van der Waals surface area (Å²) in [5, 5.41) is 13.1. The van der Waals surface area contributed by atoms with Gasteiger partial charge in [-0.2, -0.15) is 0 Å². The number of thiophene rings is 1. The summed E-state index contributed by atoms with van der Waals surface area (Å²) >= 11 is 6.99. The highest BCUT2D eigenvalue weighted by Crippen LogP contribution is 2.25. The van der Waals surface area contributed by atoms with Gasteiger partial charge in [-0.25, -0.2) is 4.79 Å². The van der Waals surface area contributed by atoms with Crippen LogP contribution in [0.1, 0.15) is 31.8 Å². The standard InChI is InChI=1S/C17H15ClN2O6S/c1-9-3-6-15(27-9)14(21)8-26-17(23)10(2)19-16(22)11-4-5-12(18)13(7-11)20(24)25/h3-7,10H,8H2,1-2H3,(H,19,22)/t10-/m0/s1. The first-order chi connectivity index (χ1) is 12.7. The fourth-order valence-electron chi connectivity index (χ4n) is 2.05. The van der Waals surface area contributed by atoms with E-state index in [-0.39, 0.29) is 16.4 Å². The van der Waals surface area contributed by atoms with E-state index in [1.54, 1.807) is 12.1 Å². The highest BCUT2D eigenvalue weighted by atomic mass is 35.5. The first kappa shape index (κ1) is 20.5. The molecule has 1 aromatic heterocycles. The number of nitro groups is 1. The van der Waals surface area contributed by atoms with Crippen LogP contribution in [0.3, 0.4) is 0 Å². The maximum atomic E-state index is 12.2. The molecule has 0 unspecified atom stereocenters. The largest absolute Gasteiger partial charge is 0.456 e. The molecule has 0 aliphatic rings. The molecule has 0 bridgehead atoms. The quantitative estimate of drug-likeness (QED) is 0.324. The van der Waals surface area contributed by atoms with Crippen molar-refractivity contribution in [3.05, 3.63) is 60.8 Å². The third-order valence-corrected chi connectivity index (χ3v) is 4.83. The smallest absolute Gasteiger partial charge is 0.328 e. The number of Topliss-reactive ketones (excluding diaryl/α,β-unsaturated/α-hetero) is 1. The van der Waals surface area contributed by atoms with Crippen LogP contribution in [0.25, 0.3) is 0 Å². The van der Waals surface area contributed by atoms with E-state index in [4.69, 9.17) is 16.3 Å². The molecule has 0 aliphatic carbocycles. The molecule has 27 heavy (non-hydrogen) atoms. The number of amides is 1. The van der Waals surface area contributed by atoms with Gasteiger partial charge in [0.05, 0.1) is 9.80 Å². The van der Waals surface area contributed by atoms with Gasteiger partial charge in [0.15, 0.2) is 6.61 Å². The number of carbonyl (C=O) groups excluding carboxylic acids is 3. The number of ketones is 1. The highest BCUT2D eigenvalue weighted by Gasteiger charge is 2.22. The van der Waals surface area contributed by atoms with Crippen molar-refractivity contribution in [2.45, 2.75) is 19.9 Å². The van der Waals surface area contributed by atoms with Crippen molar-refractivity contribution in [3.63, 3.8) is 0 Å². The Morgan fingerprint density at radius 3 is 2.59 bits per heavy atom. The lowest BCUT2D eigenvalue weighted by molar-refractivity contribution is -0.384. The second-order valence-electron chi connectivity index (χ2n) is 5.56. The maximum absolute atomic E-state index is 12.2. The van der Waals surface area contributed by atoms with E-state index in [9.17, 15) is 24.5 Å². The van der Waals surface area contributed by atoms with Crippen LogP contribution in [0.4, 0.5) is 5.69 Å². The fraction of sp³-hybridized carbons (Fsp3) is 0.235. The summed E-state index contributed by atoms with van der Waals surface area (Å²) in [6, 6.07) is 5.91. The molecular weight excluding hydrogens is 396 g/mol. The number of carbonyl (C=O) groups is 3. The van der Waals surface area contributed by atoms with Gasteiger partial charge in [-0.05, 0) is 38.1 Å². The van der Waals surface area contributed by atoms with E-state index < -0.39 is 35.1 Å². The summed E-state index contributed by atoms with van der Waals surface area (Å²) in [5.74, 6) is -1.85. The molecule has 0 aliphatic heterocycles. The third kappa shape index (κ3) is 5.35. The minimum Gasteiger partial charge on any atom is -0.456 e. The number of hydrogen-bond donors (Lipinski definition) is 1. The highest BCUT2D eigenvalue weighted by molar-refractivity contribution is 7.14.